The van der Waals surface area contributed by atoms with Gasteiger partial charge in [0.25, 0.3) is 0 Å². The van der Waals surface area contributed by atoms with Gasteiger partial charge in [-0.25, -0.2) is 0 Å². The Bertz CT molecular complexity index is 916. The molecule has 1 aliphatic heterocycles. The van der Waals surface area contributed by atoms with Crippen molar-refractivity contribution in [3.63, 3.8) is 0 Å². The quantitative estimate of drug-likeness (QED) is 0.715. The van der Waals surface area contributed by atoms with E-state index >= 15 is 0 Å². The van der Waals surface area contributed by atoms with E-state index in [1.807, 2.05) is 57.2 Å². The number of carbonyl (C=O) groups excluding carboxylic acids is 2. The molecule has 2 amide bonds. The van der Waals surface area contributed by atoms with E-state index in [4.69, 9.17) is 4.74 Å². The van der Waals surface area contributed by atoms with E-state index in [2.05, 4.69) is 20.4 Å². The zero-order valence-corrected chi connectivity index (χ0v) is 18.8. The Morgan fingerprint density at radius 3 is 1.97 bits per heavy atom. The van der Waals surface area contributed by atoms with Crippen molar-refractivity contribution in [1.29, 1.82) is 0 Å². The van der Waals surface area contributed by atoms with Gasteiger partial charge in [-0.1, -0.05) is 24.3 Å². The molecule has 166 valence electrons. The fourth-order valence-corrected chi connectivity index (χ4v) is 3.81. The van der Waals surface area contributed by atoms with E-state index in [1.165, 1.54) is 0 Å². The van der Waals surface area contributed by atoms with Crippen LogP contribution in [0.25, 0.3) is 0 Å². The second-order valence-corrected chi connectivity index (χ2v) is 8.12. The average molecular weight is 425 g/mol. The highest BCUT2D eigenvalue weighted by Gasteiger charge is 2.21. The molecule has 0 aromatic heterocycles. The van der Waals surface area contributed by atoms with Crippen LogP contribution in [0.5, 0.6) is 5.75 Å². The number of anilines is 2. The summed E-state index contributed by atoms with van der Waals surface area (Å²) in [6.45, 7) is 9.64. The van der Waals surface area contributed by atoms with Crippen molar-refractivity contribution in [3.8, 4) is 5.75 Å². The molecule has 0 spiro atoms. The molecule has 1 aliphatic rings. The maximum absolute atomic E-state index is 12.5. The number of hydrogen-bond donors (Lipinski definition) is 2. The number of aryl methyl sites for hydroxylation is 3. The van der Waals surface area contributed by atoms with Gasteiger partial charge in [0.15, 0.2) is 0 Å². The Hall–Kier alpha value is -2.90. The van der Waals surface area contributed by atoms with E-state index in [0.29, 0.717) is 24.5 Å². The van der Waals surface area contributed by atoms with E-state index < -0.39 is 0 Å². The van der Waals surface area contributed by atoms with Gasteiger partial charge >= 0.3 is 0 Å². The lowest BCUT2D eigenvalue weighted by molar-refractivity contribution is -0.120. The van der Waals surface area contributed by atoms with Crippen LogP contribution in [-0.2, 0) is 9.59 Å². The lowest BCUT2D eigenvalue weighted by Gasteiger charge is -2.33. The fourth-order valence-electron chi connectivity index (χ4n) is 3.81. The topological polar surface area (TPSA) is 73.9 Å². The minimum absolute atomic E-state index is 0.00450. The Balaban J connectivity index is 1.45. The summed E-state index contributed by atoms with van der Waals surface area (Å²) in [5.41, 5.74) is 4.77. The smallest absolute Gasteiger partial charge is 0.238 e. The van der Waals surface area contributed by atoms with E-state index in [9.17, 15) is 9.59 Å². The van der Waals surface area contributed by atoms with Crippen LogP contribution in [0, 0.1) is 20.8 Å². The van der Waals surface area contributed by atoms with E-state index in [1.54, 1.807) is 7.11 Å². The van der Waals surface area contributed by atoms with Crippen LogP contribution in [0.2, 0.25) is 0 Å². The molecule has 0 aliphatic carbocycles. The molecule has 2 aromatic carbocycles. The van der Waals surface area contributed by atoms with Crippen molar-refractivity contribution in [2.75, 3.05) is 57.0 Å². The molecule has 2 aromatic rings. The highest BCUT2D eigenvalue weighted by atomic mass is 16.5. The minimum Gasteiger partial charge on any atom is -0.495 e. The second-order valence-electron chi connectivity index (χ2n) is 8.12. The minimum atomic E-state index is -0.0647. The Kier molecular flexibility index (Phi) is 7.65. The van der Waals surface area contributed by atoms with Crippen molar-refractivity contribution in [2.24, 2.45) is 0 Å². The van der Waals surface area contributed by atoms with Gasteiger partial charge in [-0.15, -0.1) is 0 Å². The molecule has 0 unspecified atom stereocenters. The van der Waals surface area contributed by atoms with Crippen LogP contribution in [0.15, 0.2) is 36.4 Å². The summed E-state index contributed by atoms with van der Waals surface area (Å²) >= 11 is 0. The molecular weight excluding hydrogens is 392 g/mol. The molecule has 31 heavy (non-hydrogen) atoms. The Morgan fingerprint density at radius 2 is 1.42 bits per heavy atom. The molecule has 7 heteroatoms. The summed E-state index contributed by atoms with van der Waals surface area (Å²) in [5, 5.41) is 5.99. The molecule has 3 rings (SSSR count). The van der Waals surface area contributed by atoms with Crippen molar-refractivity contribution >= 4 is 23.2 Å². The second kappa shape index (κ2) is 10.4. The zero-order chi connectivity index (χ0) is 22.4. The molecule has 7 nitrogen and oxygen atoms in total. The van der Waals surface area contributed by atoms with Gasteiger partial charge in [0.1, 0.15) is 5.75 Å². The van der Waals surface area contributed by atoms with Gasteiger partial charge in [-0.05, 0) is 49.6 Å². The number of piperazine rings is 1. The monoisotopic (exact) mass is 424 g/mol. The van der Waals surface area contributed by atoms with Crippen molar-refractivity contribution in [1.82, 2.24) is 9.80 Å². The molecule has 1 fully saturated rings. The van der Waals surface area contributed by atoms with Crippen molar-refractivity contribution < 1.29 is 14.3 Å². The first-order chi connectivity index (χ1) is 14.9. The summed E-state index contributed by atoms with van der Waals surface area (Å²) in [4.78, 5) is 29.2. The fraction of sp³-hybridized carbons (Fsp3) is 0.417. The SMILES string of the molecule is COc1ccc(C)cc1NC(=O)CN1CCN(CC(=O)Nc2c(C)cccc2C)CC1. The molecule has 1 saturated heterocycles. The van der Waals surface area contributed by atoms with Gasteiger partial charge in [-0.2, -0.15) is 0 Å². The van der Waals surface area contributed by atoms with E-state index in [0.717, 1.165) is 48.6 Å². The maximum atomic E-state index is 12.5. The number of nitrogens with one attached hydrogen (secondary N) is 2. The van der Waals surface area contributed by atoms with Gasteiger partial charge < -0.3 is 15.4 Å². The standard InChI is InChI=1S/C24H32N4O3/c1-17-8-9-21(31-4)20(14-17)25-22(29)15-27-10-12-28(13-11-27)16-23(30)26-24-18(2)6-5-7-19(24)3/h5-9,14H,10-13,15-16H2,1-4H3,(H,25,29)(H,26,30). The molecule has 2 N–H and O–H groups in total. The number of para-hydroxylation sites is 1. The van der Waals surface area contributed by atoms with Crippen molar-refractivity contribution in [3.05, 3.63) is 53.1 Å². The molecule has 1 heterocycles. The number of rotatable bonds is 7. The number of amides is 2. The first-order valence-corrected chi connectivity index (χ1v) is 10.6. The number of hydrogen-bond acceptors (Lipinski definition) is 5. The summed E-state index contributed by atoms with van der Waals surface area (Å²) in [6, 6.07) is 11.7. The Labute approximate surface area is 184 Å². The predicted molar refractivity (Wildman–Crippen MR) is 124 cm³/mol. The van der Waals surface area contributed by atoms with Crippen LogP contribution >= 0.6 is 0 Å². The van der Waals surface area contributed by atoms with Crippen molar-refractivity contribution in [2.45, 2.75) is 20.8 Å². The number of carbonyl (C=O) groups is 2. The summed E-state index contributed by atoms with van der Waals surface area (Å²) in [7, 11) is 1.59. The van der Waals surface area contributed by atoms with Gasteiger partial charge in [0.2, 0.25) is 11.8 Å². The number of ether oxygens (including phenoxy) is 1. The largest absolute Gasteiger partial charge is 0.495 e. The first-order valence-electron chi connectivity index (χ1n) is 10.6. The lowest BCUT2D eigenvalue weighted by atomic mass is 10.1. The lowest BCUT2D eigenvalue weighted by Crippen LogP contribution is -2.50. The van der Waals surface area contributed by atoms with Crippen LogP contribution < -0.4 is 15.4 Å². The molecule has 0 saturated carbocycles. The van der Waals surface area contributed by atoms with Crippen LogP contribution in [0.3, 0.4) is 0 Å². The van der Waals surface area contributed by atoms with E-state index in [-0.39, 0.29) is 11.8 Å². The molecular formula is C24H32N4O3. The third-order valence-electron chi connectivity index (χ3n) is 5.57. The highest BCUT2D eigenvalue weighted by molar-refractivity contribution is 5.94. The van der Waals surface area contributed by atoms with Gasteiger partial charge in [0, 0.05) is 31.9 Å². The number of methoxy groups -OCH3 is 1. The number of nitrogens with zero attached hydrogens (tertiary/aromatic N) is 2. The van der Waals surface area contributed by atoms with Crippen LogP contribution in [0.1, 0.15) is 16.7 Å². The zero-order valence-electron chi connectivity index (χ0n) is 18.8. The molecule has 0 radical (unpaired) electrons. The summed E-state index contributed by atoms with van der Waals surface area (Å²) in [5.74, 6) is 0.582. The summed E-state index contributed by atoms with van der Waals surface area (Å²) in [6.07, 6.45) is 0. The number of benzene rings is 2. The van der Waals surface area contributed by atoms with Crippen LogP contribution in [0.4, 0.5) is 11.4 Å². The normalized spacial score (nSPS) is 14.8. The first kappa shape index (κ1) is 22.8. The molecule has 0 atom stereocenters. The summed E-state index contributed by atoms with van der Waals surface area (Å²) < 4.78 is 5.33. The van der Waals surface area contributed by atoms with Gasteiger partial charge in [0.05, 0.1) is 25.9 Å². The predicted octanol–water partition coefficient (Wildman–Crippen LogP) is 2.82. The average Bonchev–Trinajstić information content (AvgIpc) is 2.72. The molecule has 0 bridgehead atoms. The Morgan fingerprint density at radius 1 is 0.871 bits per heavy atom. The third kappa shape index (κ3) is 6.29. The maximum Gasteiger partial charge on any atom is 0.238 e. The highest BCUT2D eigenvalue weighted by Crippen LogP contribution is 2.25. The van der Waals surface area contributed by atoms with Gasteiger partial charge in [-0.3, -0.25) is 19.4 Å². The van der Waals surface area contributed by atoms with Crippen LogP contribution in [-0.4, -0.2) is 68.0 Å². The third-order valence-corrected chi connectivity index (χ3v) is 5.57.